The Labute approximate surface area is 75.8 Å². The first-order valence-corrected chi connectivity index (χ1v) is 4.63. The van der Waals surface area contributed by atoms with Crippen molar-refractivity contribution in [1.29, 1.82) is 0 Å². The van der Waals surface area contributed by atoms with Gasteiger partial charge in [0.15, 0.2) is 0 Å². The minimum absolute atomic E-state index is 0.112. The highest BCUT2D eigenvalue weighted by molar-refractivity contribution is 9.09. The van der Waals surface area contributed by atoms with Crippen LogP contribution in [-0.4, -0.2) is 43.4 Å². The maximum Gasteiger partial charge on any atom is 0.232 e. The summed E-state index contributed by atoms with van der Waals surface area (Å²) in [6.45, 7) is 1.47. The highest BCUT2D eigenvalue weighted by Gasteiger charge is 2.04. The molecule has 0 aliphatic carbocycles. The largest absolute Gasteiger partial charge is 0.385 e. The van der Waals surface area contributed by atoms with Crippen LogP contribution >= 0.6 is 15.9 Å². The van der Waals surface area contributed by atoms with Crippen molar-refractivity contribution in [3.8, 4) is 0 Å². The van der Waals surface area contributed by atoms with Crippen molar-refractivity contribution in [2.24, 2.45) is 0 Å². The molecule has 0 heterocycles. The van der Waals surface area contributed by atoms with Crippen LogP contribution in [0.1, 0.15) is 6.42 Å². The lowest BCUT2D eigenvalue weighted by Gasteiger charge is -2.14. The monoisotopic (exact) mass is 223 g/mol. The Morgan fingerprint density at radius 2 is 2.27 bits per heavy atom. The number of alkyl halides is 1. The van der Waals surface area contributed by atoms with Gasteiger partial charge in [-0.05, 0) is 6.42 Å². The fourth-order valence-electron chi connectivity index (χ4n) is 0.673. The Morgan fingerprint density at radius 1 is 1.64 bits per heavy atom. The summed E-state index contributed by atoms with van der Waals surface area (Å²) >= 11 is 3.10. The van der Waals surface area contributed by atoms with Crippen molar-refractivity contribution in [3.63, 3.8) is 0 Å². The SMILES string of the molecule is COCCCN(C)C(=O)CBr. The lowest BCUT2D eigenvalue weighted by atomic mass is 10.4. The smallest absolute Gasteiger partial charge is 0.232 e. The number of carbonyl (C=O) groups is 1. The first kappa shape index (κ1) is 10.9. The molecule has 0 spiro atoms. The third kappa shape index (κ3) is 5.21. The van der Waals surface area contributed by atoms with Crippen LogP contribution in [-0.2, 0) is 9.53 Å². The highest BCUT2D eigenvalue weighted by atomic mass is 79.9. The zero-order valence-corrected chi connectivity index (χ0v) is 8.56. The molecule has 0 saturated carbocycles. The van der Waals surface area contributed by atoms with E-state index in [1.54, 1.807) is 19.1 Å². The van der Waals surface area contributed by atoms with Crippen LogP contribution in [0.3, 0.4) is 0 Å². The van der Waals surface area contributed by atoms with E-state index in [-0.39, 0.29) is 5.91 Å². The molecule has 0 aromatic heterocycles. The van der Waals surface area contributed by atoms with E-state index in [9.17, 15) is 4.79 Å². The van der Waals surface area contributed by atoms with Gasteiger partial charge in [0.25, 0.3) is 0 Å². The van der Waals surface area contributed by atoms with Crippen molar-refractivity contribution in [2.45, 2.75) is 6.42 Å². The Morgan fingerprint density at radius 3 is 2.73 bits per heavy atom. The fourth-order valence-corrected chi connectivity index (χ4v) is 1.10. The summed E-state index contributed by atoms with van der Waals surface area (Å²) in [5.41, 5.74) is 0. The molecule has 0 rings (SSSR count). The molecule has 0 aromatic carbocycles. The minimum Gasteiger partial charge on any atom is -0.385 e. The quantitative estimate of drug-likeness (QED) is 0.512. The Bertz CT molecular complexity index is 119. The molecule has 0 atom stereocenters. The third-order valence-electron chi connectivity index (χ3n) is 1.38. The molecular weight excluding hydrogens is 210 g/mol. The number of ether oxygens (including phenoxy) is 1. The summed E-state index contributed by atoms with van der Waals surface area (Å²) in [5.74, 6) is 0.112. The normalized spacial score (nSPS) is 9.73. The van der Waals surface area contributed by atoms with Crippen LogP contribution < -0.4 is 0 Å². The first-order chi connectivity index (χ1) is 5.22. The maximum absolute atomic E-state index is 10.9. The van der Waals surface area contributed by atoms with Crippen LogP contribution in [0.5, 0.6) is 0 Å². The van der Waals surface area contributed by atoms with E-state index < -0.39 is 0 Å². The molecule has 0 N–H and O–H groups in total. The average molecular weight is 224 g/mol. The molecule has 4 heteroatoms. The summed E-state index contributed by atoms with van der Waals surface area (Å²) in [6.07, 6.45) is 0.895. The molecule has 0 saturated heterocycles. The van der Waals surface area contributed by atoms with Gasteiger partial charge in [-0.2, -0.15) is 0 Å². The van der Waals surface area contributed by atoms with Gasteiger partial charge >= 0.3 is 0 Å². The predicted molar refractivity (Wildman–Crippen MR) is 47.9 cm³/mol. The molecule has 1 amide bonds. The van der Waals surface area contributed by atoms with E-state index >= 15 is 0 Å². The van der Waals surface area contributed by atoms with E-state index in [1.165, 1.54) is 0 Å². The number of amides is 1. The van der Waals surface area contributed by atoms with Crippen molar-refractivity contribution in [3.05, 3.63) is 0 Å². The lowest BCUT2D eigenvalue weighted by molar-refractivity contribution is -0.127. The molecule has 0 fully saturated rings. The van der Waals surface area contributed by atoms with Gasteiger partial charge in [-0.1, -0.05) is 15.9 Å². The van der Waals surface area contributed by atoms with Crippen molar-refractivity contribution in [1.82, 2.24) is 4.90 Å². The lowest BCUT2D eigenvalue weighted by Crippen LogP contribution is -2.29. The van der Waals surface area contributed by atoms with Crippen molar-refractivity contribution < 1.29 is 9.53 Å². The number of hydrogen-bond acceptors (Lipinski definition) is 2. The van der Waals surface area contributed by atoms with Gasteiger partial charge in [-0.15, -0.1) is 0 Å². The van der Waals surface area contributed by atoms with Crippen LogP contribution in [0.2, 0.25) is 0 Å². The van der Waals surface area contributed by atoms with E-state index in [0.29, 0.717) is 11.9 Å². The number of halogens is 1. The predicted octanol–water partition coefficient (Wildman–Crippen LogP) is 0.876. The van der Waals surface area contributed by atoms with Gasteiger partial charge in [0.2, 0.25) is 5.91 Å². The van der Waals surface area contributed by atoms with E-state index in [4.69, 9.17) is 4.74 Å². The van der Waals surface area contributed by atoms with Crippen LogP contribution in [0.4, 0.5) is 0 Å². The summed E-state index contributed by atoms with van der Waals surface area (Å²) in [7, 11) is 3.45. The molecule has 0 radical (unpaired) electrons. The molecule has 66 valence electrons. The number of methoxy groups -OCH3 is 1. The van der Waals surface area contributed by atoms with Crippen molar-refractivity contribution >= 4 is 21.8 Å². The van der Waals surface area contributed by atoms with Gasteiger partial charge in [0.1, 0.15) is 0 Å². The molecule has 0 aliphatic rings. The van der Waals surface area contributed by atoms with Crippen LogP contribution in [0.15, 0.2) is 0 Å². The maximum atomic E-state index is 10.9. The van der Waals surface area contributed by atoms with E-state index in [2.05, 4.69) is 15.9 Å². The fraction of sp³-hybridized carbons (Fsp3) is 0.857. The first-order valence-electron chi connectivity index (χ1n) is 3.51. The molecular formula is C7H14BrNO2. The second-order valence-corrected chi connectivity index (χ2v) is 2.86. The molecule has 3 nitrogen and oxygen atoms in total. The Kier molecular flexibility index (Phi) is 6.56. The summed E-state index contributed by atoms with van der Waals surface area (Å²) in [5, 5.41) is 0.399. The third-order valence-corrected chi connectivity index (χ3v) is 1.86. The Balaban J connectivity index is 3.36. The number of nitrogens with zero attached hydrogens (tertiary/aromatic N) is 1. The molecule has 0 bridgehead atoms. The van der Waals surface area contributed by atoms with E-state index in [1.807, 2.05) is 0 Å². The highest BCUT2D eigenvalue weighted by Crippen LogP contribution is 1.92. The van der Waals surface area contributed by atoms with Gasteiger partial charge in [-0.3, -0.25) is 4.79 Å². The van der Waals surface area contributed by atoms with Gasteiger partial charge < -0.3 is 9.64 Å². The summed E-state index contributed by atoms with van der Waals surface area (Å²) in [4.78, 5) is 12.6. The van der Waals surface area contributed by atoms with Crippen LogP contribution in [0.25, 0.3) is 0 Å². The second kappa shape index (κ2) is 6.61. The van der Waals surface area contributed by atoms with E-state index in [0.717, 1.165) is 13.0 Å². The molecule has 0 unspecified atom stereocenters. The zero-order valence-electron chi connectivity index (χ0n) is 6.97. The average Bonchev–Trinajstić information content (AvgIpc) is 2.03. The second-order valence-electron chi connectivity index (χ2n) is 2.30. The van der Waals surface area contributed by atoms with Crippen molar-refractivity contribution in [2.75, 3.05) is 32.6 Å². The van der Waals surface area contributed by atoms with Gasteiger partial charge in [0, 0.05) is 27.3 Å². The minimum atomic E-state index is 0.112. The van der Waals surface area contributed by atoms with Gasteiger partial charge in [-0.25, -0.2) is 0 Å². The number of carbonyl (C=O) groups excluding carboxylic acids is 1. The molecule has 11 heavy (non-hydrogen) atoms. The topological polar surface area (TPSA) is 29.5 Å². The molecule has 0 aromatic rings. The number of hydrogen-bond donors (Lipinski definition) is 0. The summed E-state index contributed by atoms with van der Waals surface area (Å²) < 4.78 is 4.86. The standard InChI is InChI=1S/C7H14BrNO2/c1-9(7(10)6-8)4-3-5-11-2/h3-6H2,1-2H3. The zero-order chi connectivity index (χ0) is 8.69. The van der Waals surface area contributed by atoms with Gasteiger partial charge in [0.05, 0.1) is 5.33 Å². The number of rotatable bonds is 5. The Hall–Kier alpha value is -0.0900. The summed E-state index contributed by atoms with van der Waals surface area (Å²) in [6, 6.07) is 0. The molecule has 0 aliphatic heterocycles. The van der Waals surface area contributed by atoms with Crippen LogP contribution in [0, 0.1) is 0 Å².